The summed E-state index contributed by atoms with van der Waals surface area (Å²) in [6.07, 6.45) is 1.92. The summed E-state index contributed by atoms with van der Waals surface area (Å²) >= 11 is 4.34. The Labute approximate surface area is 163 Å². The Kier molecular flexibility index (Phi) is 4.43. The minimum absolute atomic E-state index is 0.0423. The molecule has 0 saturated carbocycles. The second-order valence-electron chi connectivity index (χ2n) is 5.95. The van der Waals surface area contributed by atoms with Gasteiger partial charge in [0, 0.05) is 34.1 Å². The molecule has 0 bridgehead atoms. The van der Waals surface area contributed by atoms with Crippen molar-refractivity contribution >= 4 is 54.4 Å². The largest absolute Gasteiger partial charge is 0.480 e. The number of carboxylic acid groups (broad SMARTS) is 1. The van der Waals surface area contributed by atoms with Crippen LogP contribution in [0.15, 0.2) is 34.9 Å². The van der Waals surface area contributed by atoms with Crippen LogP contribution >= 0.6 is 27.3 Å². The van der Waals surface area contributed by atoms with E-state index in [0.717, 1.165) is 32.3 Å². The Morgan fingerprint density at radius 3 is 2.74 bits per heavy atom. The van der Waals surface area contributed by atoms with Crippen LogP contribution in [0.5, 0.6) is 0 Å². The van der Waals surface area contributed by atoms with Gasteiger partial charge in [-0.3, -0.25) is 4.79 Å². The fourth-order valence-corrected chi connectivity index (χ4v) is 4.38. The highest BCUT2D eigenvalue weighted by molar-refractivity contribution is 9.10. The number of fused-ring (bicyclic) bond motifs is 2. The third-order valence-electron chi connectivity index (χ3n) is 4.13. The van der Waals surface area contributed by atoms with E-state index in [1.165, 1.54) is 0 Å². The number of rotatable bonds is 4. The van der Waals surface area contributed by atoms with Gasteiger partial charge in [-0.25, -0.2) is 18.2 Å². The van der Waals surface area contributed by atoms with Crippen molar-refractivity contribution in [1.82, 2.24) is 9.55 Å². The Bertz CT molecular complexity index is 1220. The van der Waals surface area contributed by atoms with Gasteiger partial charge in [0.2, 0.25) is 0 Å². The molecule has 0 unspecified atom stereocenters. The fourth-order valence-electron chi connectivity index (χ4n) is 3.03. The first-order valence-corrected chi connectivity index (χ1v) is 9.36. The molecule has 0 atom stereocenters. The van der Waals surface area contributed by atoms with E-state index in [1.54, 1.807) is 22.9 Å². The minimum Gasteiger partial charge on any atom is -0.480 e. The van der Waals surface area contributed by atoms with Crippen molar-refractivity contribution < 1.29 is 23.1 Å². The molecule has 1 N–H and O–H groups in total. The third-order valence-corrected chi connectivity index (χ3v) is 5.69. The van der Waals surface area contributed by atoms with Crippen LogP contribution in [-0.4, -0.2) is 20.6 Å². The van der Waals surface area contributed by atoms with Crippen LogP contribution in [0.3, 0.4) is 0 Å². The number of aromatic nitrogens is 2. The van der Waals surface area contributed by atoms with Crippen LogP contribution in [0.4, 0.5) is 13.2 Å². The van der Waals surface area contributed by atoms with Crippen LogP contribution < -0.4 is 0 Å². The first kappa shape index (κ1) is 18.0. The van der Waals surface area contributed by atoms with Gasteiger partial charge < -0.3 is 9.67 Å². The maximum absolute atomic E-state index is 13.9. The summed E-state index contributed by atoms with van der Waals surface area (Å²) in [7, 11) is 0. The van der Waals surface area contributed by atoms with Gasteiger partial charge in [-0.2, -0.15) is 0 Å². The van der Waals surface area contributed by atoms with Crippen molar-refractivity contribution in [2.75, 3.05) is 0 Å². The number of hydrogen-bond acceptors (Lipinski definition) is 3. The predicted molar refractivity (Wildman–Crippen MR) is 99.6 cm³/mol. The Balaban J connectivity index is 1.83. The van der Waals surface area contributed by atoms with Crippen LogP contribution in [0.1, 0.15) is 10.6 Å². The quantitative estimate of drug-likeness (QED) is 0.436. The molecule has 2 aromatic heterocycles. The van der Waals surface area contributed by atoms with E-state index < -0.39 is 23.4 Å². The molecule has 0 aliphatic carbocycles. The lowest BCUT2D eigenvalue weighted by Gasteiger charge is -2.00. The topological polar surface area (TPSA) is 55.1 Å². The zero-order valence-corrected chi connectivity index (χ0v) is 15.9. The average Bonchev–Trinajstić information content (AvgIpc) is 3.15. The summed E-state index contributed by atoms with van der Waals surface area (Å²) in [5.74, 6) is -4.30. The lowest BCUT2D eigenvalue weighted by Crippen LogP contribution is -2.07. The predicted octanol–water partition coefficient (Wildman–Crippen LogP) is 5.11. The smallest absolute Gasteiger partial charge is 0.323 e. The van der Waals surface area contributed by atoms with E-state index in [9.17, 15) is 18.0 Å². The van der Waals surface area contributed by atoms with E-state index in [4.69, 9.17) is 5.11 Å². The molecule has 0 aliphatic heterocycles. The second kappa shape index (κ2) is 6.65. The summed E-state index contributed by atoms with van der Waals surface area (Å²) in [6, 6.07) is 5.95. The van der Waals surface area contributed by atoms with E-state index in [0.29, 0.717) is 11.1 Å². The van der Waals surface area contributed by atoms with E-state index in [2.05, 4.69) is 20.9 Å². The van der Waals surface area contributed by atoms with Gasteiger partial charge in [-0.15, -0.1) is 11.3 Å². The lowest BCUT2D eigenvalue weighted by atomic mass is 10.1. The number of thiazole rings is 1. The maximum Gasteiger partial charge on any atom is 0.323 e. The van der Waals surface area contributed by atoms with E-state index >= 15 is 0 Å². The highest BCUT2D eigenvalue weighted by Gasteiger charge is 2.19. The molecule has 0 fully saturated rings. The van der Waals surface area contributed by atoms with Crippen molar-refractivity contribution in [2.24, 2.45) is 0 Å². The number of nitrogens with zero attached hydrogens (tertiary/aromatic N) is 2. The Morgan fingerprint density at radius 2 is 2.00 bits per heavy atom. The van der Waals surface area contributed by atoms with Gasteiger partial charge in [0.15, 0.2) is 11.6 Å². The summed E-state index contributed by atoms with van der Waals surface area (Å²) in [5, 5.41) is 10.3. The van der Waals surface area contributed by atoms with Crippen molar-refractivity contribution in [3.05, 3.63) is 63.0 Å². The monoisotopic (exact) mass is 454 g/mol. The Hall–Kier alpha value is -2.39. The molecule has 0 aliphatic rings. The van der Waals surface area contributed by atoms with Crippen molar-refractivity contribution in [1.29, 1.82) is 0 Å². The molecular formula is C18H10BrF3N2O2S. The van der Waals surface area contributed by atoms with Gasteiger partial charge in [0.05, 0.1) is 9.71 Å². The summed E-state index contributed by atoms with van der Waals surface area (Å²) in [4.78, 5) is 15.2. The lowest BCUT2D eigenvalue weighted by molar-refractivity contribution is -0.137. The molecule has 0 spiro atoms. The molecule has 138 valence electrons. The van der Waals surface area contributed by atoms with Crippen LogP contribution in [-0.2, 0) is 17.8 Å². The van der Waals surface area contributed by atoms with Gasteiger partial charge in [-0.05, 0) is 23.8 Å². The normalized spacial score (nSPS) is 11.6. The minimum atomic E-state index is -1.28. The SMILES string of the molecule is O=C(O)Cn1cc(Cc2nc3c(F)c(F)cc(F)c3s2)c2cc(Br)ccc21. The van der Waals surface area contributed by atoms with E-state index in [1.807, 2.05) is 6.07 Å². The Morgan fingerprint density at radius 1 is 1.22 bits per heavy atom. The number of halogens is 4. The molecule has 0 radical (unpaired) electrons. The van der Waals surface area contributed by atoms with E-state index in [-0.39, 0.29) is 23.2 Å². The van der Waals surface area contributed by atoms with Crippen molar-refractivity contribution in [3.63, 3.8) is 0 Å². The number of aliphatic carboxylic acids is 1. The highest BCUT2D eigenvalue weighted by Crippen LogP contribution is 2.32. The average molecular weight is 455 g/mol. The number of hydrogen-bond donors (Lipinski definition) is 1. The van der Waals surface area contributed by atoms with Gasteiger partial charge in [0.1, 0.15) is 17.9 Å². The molecule has 0 amide bonds. The van der Waals surface area contributed by atoms with Crippen molar-refractivity contribution in [3.8, 4) is 0 Å². The molecule has 4 nitrogen and oxygen atoms in total. The van der Waals surface area contributed by atoms with Gasteiger partial charge in [0.25, 0.3) is 0 Å². The molecule has 9 heteroatoms. The first-order valence-electron chi connectivity index (χ1n) is 7.75. The molecule has 2 aromatic carbocycles. The molecule has 4 rings (SSSR count). The first-order chi connectivity index (χ1) is 12.8. The second-order valence-corrected chi connectivity index (χ2v) is 7.95. The van der Waals surface area contributed by atoms with Gasteiger partial charge >= 0.3 is 5.97 Å². The molecule has 0 saturated heterocycles. The highest BCUT2D eigenvalue weighted by atomic mass is 79.9. The number of carboxylic acids is 1. The zero-order valence-electron chi connectivity index (χ0n) is 13.5. The van der Waals surface area contributed by atoms with Crippen molar-refractivity contribution in [2.45, 2.75) is 13.0 Å². The van der Waals surface area contributed by atoms with Crippen LogP contribution in [0, 0.1) is 17.5 Å². The van der Waals surface area contributed by atoms with Gasteiger partial charge in [-0.1, -0.05) is 15.9 Å². The number of carbonyl (C=O) groups is 1. The maximum atomic E-state index is 13.9. The molecular weight excluding hydrogens is 445 g/mol. The summed E-state index contributed by atoms with van der Waals surface area (Å²) < 4.78 is 43.6. The molecule has 27 heavy (non-hydrogen) atoms. The number of benzene rings is 2. The van der Waals surface area contributed by atoms with Crippen LogP contribution in [0.25, 0.3) is 21.1 Å². The van der Waals surface area contributed by atoms with Crippen LogP contribution in [0.2, 0.25) is 0 Å². The summed E-state index contributed by atoms with van der Waals surface area (Å²) in [6.45, 7) is -0.216. The zero-order chi connectivity index (χ0) is 19.3. The third kappa shape index (κ3) is 3.21. The fraction of sp³-hybridized carbons (Fsp3) is 0.111. The molecule has 2 heterocycles. The molecule has 4 aromatic rings. The standard InChI is InChI=1S/C18H10BrF3N2O2S/c19-9-1-2-13-10(4-9)8(6-24(13)7-15(25)26)3-14-23-17-16(22)11(20)5-12(21)18(17)27-14/h1-2,4-6H,3,7H2,(H,25,26). The summed E-state index contributed by atoms with van der Waals surface area (Å²) in [5.41, 5.74) is 1.15.